The van der Waals surface area contributed by atoms with E-state index in [1.54, 1.807) is 25.3 Å². The number of nitrogens with zero attached hydrogens (tertiary/aromatic N) is 3. The summed E-state index contributed by atoms with van der Waals surface area (Å²) >= 11 is 1.30. The van der Waals surface area contributed by atoms with Crippen molar-refractivity contribution >= 4 is 28.5 Å². The zero-order chi connectivity index (χ0) is 28.2. The van der Waals surface area contributed by atoms with Crippen LogP contribution in [0.5, 0.6) is 23.0 Å². The topological polar surface area (TPSA) is 116 Å². The summed E-state index contributed by atoms with van der Waals surface area (Å²) in [5, 5.41) is 21.5. The van der Waals surface area contributed by atoms with Crippen molar-refractivity contribution in [1.82, 2.24) is 10.2 Å². The third-order valence-corrected chi connectivity index (χ3v) is 6.20. The number of carbonyl (C=O) groups excluding carboxylic acids is 1. The molecule has 39 heavy (non-hydrogen) atoms. The Bertz CT molecular complexity index is 1360. The number of allylic oxidation sites excluding steroid dienone is 1. The molecule has 1 N–H and O–H groups in total. The molecule has 3 aromatic rings. The van der Waals surface area contributed by atoms with Crippen molar-refractivity contribution in [2.75, 3.05) is 32.8 Å². The molecule has 0 fully saturated rings. The molecular formula is C29H32N4O5S. The first-order valence-electron chi connectivity index (χ1n) is 12.3. The molecule has 0 radical (unpaired) electrons. The summed E-state index contributed by atoms with van der Waals surface area (Å²) in [7, 11) is 3.11. The van der Waals surface area contributed by atoms with Crippen LogP contribution in [-0.4, -0.2) is 43.5 Å². The van der Waals surface area contributed by atoms with E-state index >= 15 is 0 Å². The molecule has 0 saturated heterocycles. The standard InChI is InChI=1S/C29H32N4O5S/c1-6-7-20-8-10-23(25(16-20)35-4)37-12-13-38-24-11-9-21(17-26(24)36-5)15-22(18-30)28(34)31-29-33-32-27(39-29)14-19(2)3/h6,8-11,15-17,19H,1,7,12-14H2,2-5H3,(H,31,33,34). The minimum Gasteiger partial charge on any atom is -0.493 e. The fourth-order valence-electron chi connectivity index (χ4n) is 3.54. The van der Waals surface area contributed by atoms with Crippen molar-refractivity contribution in [3.05, 3.63) is 70.8 Å². The third kappa shape index (κ3) is 8.58. The van der Waals surface area contributed by atoms with Crippen molar-refractivity contribution in [3.8, 4) is 29.1 Å². The van der Waals surface area contributed by atoms with Gasteiger partial charge in [0.05, 0.1) is 14.2 Å². The number of rotatable bonds is 14. The lowest BCUT2D eigenvalue weighted by Gasteiger charge is -2.14. The van der Waals surface area contributed by atoms with Gasteiger partial charge in [-0.3, -0.25) is 10.1 Å². The van der Waals surface area contributed by atoms with Crippen LogP contribution >= 0.6 is 11.3 Å². The number of benzene rings is 2. The highest BCUT2D eigenvalue weighted by Crippen LogP contribution is 2.30. The normalized spacial score (nSPS) is 11.0. The number of hydrogen-bond acceptors (Lipinski definition) is 9. The Hall–Kier alpha value is -4.36. The number of ether oxygens (including phenoxy) is 4. The Kier molecular flexibility index (Phi) is 10.9. The molecule has 204 valence electrons. The lowest BCUT2D eigenvalue weighted by molar-refractivity contribution is -0.112. The van der Waals surface area contributed by atoms with Gasteiger partial charge in [0.15, 0.2) is 23.0 Å². The largest absolute Gasteiger partial charge is 0.493 e. The van der Waals surface area contributed by atoms with E-state index in [1.807, 2.05) is 30.3 Å². The summed E-state index contributed by atoms with van der Waals surface area (Å²) in [5.74, 6) is 2.08. The number of nitriles is 1. The van der Waals surface area contributed by atoms with Crippen LogP contribution < -0.4 is 24.3 Å². The van der Waals surface area contributed by atoms with E-state index in [0.717, 1.165) is 23.4 Å². The molecule has 1 amide bonds. The van der Waals surface area contributed by atoms with Gasteiger partial charge >= 0.3 is 0 Å². The van der Waals surface area contributed by atoms with E-state index in [0.29, 0.717) is 39.6 Å². The van der Waals surface area contributed by atoms with Crippen LogP contribution in [-0.2, 0) is 17.6 Å². The summed E-state index contributed by atoms with van der Waals surface area (Å²) in [6, 6.07) is 12.8. The molecule has 2 aromatic carbocycles. The predicted octanol–water partition coefficient (Wildman–Crippen LogP) is 5.49. The summed E-state index contributed by atoms with van der Waals surface area (Å²) in [6.45, 7) is 8.46. The van der Waals surface area contributed by atoms with Gasteiger partial charge in [-0.15, -0.1) is 16.8 Å². The Labute approximate surface area is 232 Å². The van der Waals surface area contributed by atoms with Crippen LogP contribution in [0, 0.1) is 17.2 Å². The second-order valence-electron chi connectivity index (χ2n) is 8.81. The van der Waals surface area contributed by atoms with Crippen molar-refractivity contribution in [2.45, 2.75) is 26.7 Å². The van der Waals surface area contributed by atoms with Gasteiger partial charge < -0.3 is 18.9 Å². The fourth-order valence-corrected chi connectivity index (χ4v) is 4.48. The zero-order valence-corrected chi connectivity index (χ0v) is 23.3. The van der Waals surface area contributed by atoms with Crippen LogP contribution in [0.1, 0.15) is 30.0 Å². The maximum atomic E-state index is 12.6. The first-order valence-corrected chi connectivity index (χ1v) is 13.2. The van der Waals surface area contributed by atoms with Crippen LogP contribution in [0.25, 0.3) is 6.08 Å². The van der Waals surface area contributed by atoms with Crippen molar-refractivity contribution in [1.29, 1.82) is 5.26 Å². The van der Waals surface area contributed by atoms with Crippen LogP contribution in [0.15, 0.2) is 54.6 Å². The highest BCUT2D eigenvalue weighted by Gasteiger charge is 2.14. The van der Waals surface area contributed by atoms with Gasteiger partial charge in [0.1, 0.15) is 29.9 Å². The number of carbonyl (C=O) groups is 1. The molecule has 0 aliphatic carbocycles. The monoisotopic (exact) mass is 548 g/mol. The number of aromatic nitrogens is 2. The molecule has 0 spiro atoms. The van der Waals surface area contributed by atoms with Gasteiger partial charge in [0.25, 0.3) is 5.91 Å². The molecule has 1 aromatic heterocycles. The second kappa shape index (κ2) is 14.5. The Morgan fingerprint density at radius 3 is 2.33 bits per heavy atom. The molecule has 0 unspecified atom stereocenters. The molecular weight excluding hydrogens is 516 g/mol. The molecule has 0 aliphatic rings. The highest BCUT2D eigenvalue weighted by molar-refractivity contribution is 7.15. The minimum absolute atomic E-state index is 0.0761. The van der Waals surface area contributed by atoms with Crippen molar-refractivity contribution in [2.24, 2.45) is 5.92 Å². The number of anilines is 1. The molecule has 0 atom stereocenters. The number of hydrogen-bond donors (Lipinski definition) is 1. The van der Waals surface area contributed by atoms with E-state index in [1.165, 1.54) is 24.5 Å². The molecule has 9 nitrogen and oxygen atoms in total. The van der Waals surface area contributed by atoms with Gasteiger partial charge in [-0.05, 0) is 53.8 Å². The fraction of sp³-hybridized carbons (Fsp3) is 0.310. The average Bonchev–Trinajstić information content (AvgIpc) is 3.36. The van der Waals surface area contributed by atoms with Crippen LogP contribution in [0.4, 0.5) is 5.13 Å². The number of nitrogens with one attached hydrogen (secondary N) is 1. The maximum Gasteiger partial charge on any atom is 0.268 e. The van der Waals surface area contributed by atoms with Gasteiger partial charge in [-0.25, -0.2) is 0 Å². The van der Waals surface area contributed by atoms with Crippen LogP contribution in [0.3, 0.4) is 0 Å². The van der Waals surface area contributed by atoms with Gasteiger partial charge in [0.2, 0.25) is 5.13 Å². The quantitative estimate of drug-likeness (QED) is 0.122. The van der Waals surface area contributed by atoms with Crippen molar-refractivity contribution < 1.29 is 23.7 Å². The molecule has 0 bridgehead atoms. The van der Waals surface area contributed by atoms with E-state index in [9.17, 15) is 10.1 Å². The zero-order valence-electron chi connectivity index (χ0n) is 22.5. The SMILES string of the molecule is C=CCc1ccc(OCCOc2ccc(C=C(C#N)C(=O)Nc3nnc(CC(C)C)s3)cc2OC)c(OC)c1. The first kappa shape index (κ1) is 29.2. The van der Waals surface area contributed by atoms with Gasteiger partial charge in [0, 0.05) is 6.42 Å². The number of methoxy groups -OCH3 is 2. The third-order valence-electron chi connectivity index (χ3n) is 5.34. The van der Waals surface area contributed by atoms with E-state index in [4.69, 9.17) is 18.9 Å². The Morgan fingerprint density at radius 1 is 1.05 bits per heavy atom. The maximum absolute atomic E-state index is 12.6. The Balaban J connectivity index is 1.61. The van der Waals surface area contributed by atoms with Crippen molar-refractivity contribution in [3.63, 3.8) is 0 Å². The smallest absolute Gasteiger partial charge is 0.268 e. The summed E-state index contributed by atoms with van der Waals surface area (Å²) < 4.78 is 22.5. The molecule has 0 aliphatic heterocycles. The predicted molar refractivity (Wildman–Crippen MR) is 152 cm³/mol. The second-order valence-corrected chi connectivity index (χ2v) is 9.87. The van der Waals surface area contributed by atoms with E-state index < -0.39 is 5.91 Å². The molecule has 10 heteroatoms. The number of amides is 1. The first-order chi connectivity index (χ1) is 18.9. The molecule has 0 saturated carbocycles. The van der Waals surface area contributed by atoms with Gasteiger partial charge in [-0.2, -0.15) is 5.26 Å². The summed E-state index contributed by atoms with van der Waals surface area (Å²) in [5.41, 5.74) is 1.61. The lowest BCUT2D eigenvalue weighted by atomic mass is 10.1. The minimum atomic E-state index is -0.561. The van der Waals surface area contributed by atoms with Crippen LogP contribution in [0.2, 0.25) is 0 Å². The Morgan fingerprint density at radius 2 is 1.72 bits per heavy atom. The highest BCUT2D eigenvalue weighted by atomic mass is 32.1. The van der Waals surface area contributed by atoms with E-state index in [2.05, 4.69) is 35.9 Å². The molecule has 3 rings (SSSR count). The summed E-state index contributed by atoms with van der Waals surface area (Å²) in [6.07, 6.45) is 4.82. The van der Waals surface area contributed by atoms with Gasteiger partial charge in [-0.1, -0.05) is 43.4 Å². The van der Waals surface area contributed by atoms with E-state index in [-0.39, 0.29) is 18.8 Å². The lowest BCUT2D eigenvalue weighted by Crippen LogP contribution is -2.13. The summed E-state index contributed by atoms with van der Waals surface area (Å²) in [4.78, 5) is 12.6. The molecule has 1 heterocycles. The average molecular weight is 549 g/mol.